The van der Waals surface area contributed by atoms with Gasteiger partial charge in [-0.15, -0.1) is 0 Å². The number of hydrogen-bond donors (Lipinski definition) is 1. The molecule has 2 aromatic rings. The van der Waals surface area contributed by atoms with E-state index >= 15 is 0 Å². The van der Waals surface area contributed by atoms with Crippen LogP contribution in [-0.2, 0) is 17.9 Å². The Labute approximate surface area is 183 Å². The quantitative estimate of drug-likeness (QED) is 0.782. The summed E-state index contributed by atoms with van der Waals surface area (Å²) in [5.74, 6) is 0.464. The zero-order valence-electron chi connectivity index (χ0n) is 16.6. The van der Waals surface area contributed by atoms with Crippen molar-refractivity contribution >= 4 is 23.5 Å². The van der Waals surface area contributed by atoms with Crippen molar-refractivity contribution < 1.29 is 23.5 Å². The molecule has 9 heteroatoms. The van der Waals surface area contributed by atoms with Gasteiger partial charge in [0.25, 0.3) is 0 Å². The summed E-state index contributed by atoms with van der Waals surface area (Å²) in [5.41, 5.74) is 0.989. The molecule has 2 saturated heterocycles. The van der Waals surface area contributed by atoms with Crippen LogP contribution in [0, 0.1) is 5.82 Å². The zero-order valence-corrected chi connectivity index (χ0v) is 17.4. The second-order valence-corrected chi connectivity index (χ2v) is 8.27. The van der Waals surface area contributed by atoms with Gasteiger partial charge in [-0.1, -0.05) is 23.7 Å². The van der Waals surface area contributed by atoms with Crippen LogP contribution in [0.2, 0.25) is 5.02 Å². The van der Waals surface area contributed by atoms with E-state index in [1.54, 1.807) is 29.2 Å². The van der Waals surface area contributed by atoms with Gasteiger partial charge in [-0.25, -0.2) is 9.18 Å². The minimum absolute atomic E-state index is 0.00188. The number of carbonyl (C=O) groups excluding carboxylic acids is 2. The van der Waals surface area contributed by atoms with Crippen molar-refractivity contribution in [2.75, 3.05) is 13.3 Å². The molecule has 0 aromatic heterocycles. The SMILES string of the molecule is O=C1C2NCCCC2N(Cc2c(F)cccc2Cl)C(=O)N1Cc1ccc2c(c1)OCO2. The van der Waals surface area contributed by atoms with Gasteiger partial charge in [0.2, 0.25) is 12.7 Å². The Morgan fingerprint density at radius 2 is 1.97 bits per heavy atom. The molecule has 3 aliphatic heterocycles. The smallest absolute Gasteiger partial charge is 0.327 e. The van der Waals surface area contributed by atoms with Crippen molar-refractivity contribution in [3.8, 4) is 11.5 Å². The van der Waals surface area contributed by atoms with E-state index in [2.05, 4.69) is 5.32 Å². The third kappa shape index (κ3) is 3.59. The molecule has 5 rings (SSSR count). The number of imide groups is 1. The van der Waals surface area contributed by atoms with Crippen LogP contribution in [0.4, 0.5) is 9.18 Å². The standard InChI is InChI=1S/C22H21ClFN3O4/c23-15-3-1-4-16(24)14(15)11-26-17-5-2-8-25-20(17)21(28)27(22(26)29)10-13-6-7-18-19(9-13)31-12-30-18/h1,3-4,6-7,9,17,20,25H,2,5,8,10-12H2. The van der Waals surface area contributed by atoms with Crippen molar-refractivity contribution in [3.63, 3.8) is 0 Å². The van der Waals surface area contributed by atoms with E-state index in [0.29, 0.717) is 24.5 Å². The van der Waals surface area contributed by atoms with E-state index in [1.807, 2.05) is 0 Å². The van der Waals surface area contributed by atoms with Gasteiger partial charge in [0.05, 0.1) is 19.1 Å². The highest BCUT2D eigenvalue weighted by Gasteiger charge is 2.47. The third-order valence-electron chi connectivity index (χ3n) is 6.00. The summed E-state index contributed by atoms with van der Waals surface area (Å²) in [6.07, 6.45) is 1.49. The predicted octanol–water partition coefficient (Wildman–Crippen LogP) is 3.29. The lowest BCUT2D eigenvalue weighted by atomic mass is 9.92. The minimum atomic E-state index is -0.536. The van der Waals surface area contributed by atoms with Crippen LogP contribution in [0.15, 0.2) is 36.4 Å². The van der Waals surface area contributed by atoms with Crippen molar-refractivity contribution in [3.05, 3.63) is 58.4 Å². The Balaban J connectivity index is 1.46. The van der Waals surface area contributed by atoms with Gasteiger partial charge < -0.3 is 19.7 Å². The fourth-order valence-electron chi connectivity index (χ4n) is 4.42. The maximum absolute atomic E-state index is 14.5. The number of hydrogen-bond acceptors (Lipinski definition) is 5. The average molecular weight is 446 g/mol. The van der Waals surface area contributed by atoms with Crippen LogP contribution in [0.1, 0.15) is 24.0 Å². The number of amides is 3. The molecule has 0 saturated carbocycles. The molecule has 0 radical (unpaired) electrons. The molecule has 2 unspecified atom stereocenters. The highest BCUT2D eigenvalue weighted by Crippen LogP contribution is 2.34. The Morgan fingerprint density at radius 3 is 2.81 bits per heavy atom. The molecule has 0 bridgehead atoms. The van der Waals surface area contributed by atoms with E-state index in [-0.39, 0.29) is 42.4 Å². The Hall–Kier alpha value is -2.84. The maximum atomic E-state index is 14.5. The van der Waals surface area contributed by atoms with Crippen molar-refractivity contribution in [1.29, 1.82) is 0 Å². The Bertz CT molecular complexity index is 1030. The zero-order chi connectivity index (χ0) is 21.5. The van der Waals surface area contributed by atoms with Crippen LogP contribution < -0.4 is 14.8 Å². The molecular weight excluding hydrogens is 425 g/mol. The van der Waals surface area contributed by atoms with Crippen molar-refractivity contribution in [2.24, 2.45) is 0 Å². The fourth-order valence-corrected chi connectivity index (χ4v) is 4.65. The van der Waals surface area contributed by atoms with Crippen molar-refractivity contribution in [1.82, 2.24) is 15.1 Å². The van der Waals surface area contributed by atoms with Gasteiger partial charge >= 0.3 is 6.03 Å². The van der Waals surface area contributed by atoms with Gasteiger partial charge in [0.15, 0.2) is 11.5 Å². The molecule has 0 aliphatic carbocycles. The Morgan fingerprint density at radius 1 is 1.13 bits per heavy atom. The number of ether oxygens (including phenoxy) is 2. The van der Waals surface area contributed by atoms with Crippen LogP contribution in [0.25, 0.3) is 0 Å². The summed E-state index contributed by atoms with van der Waals surface area (Å²) >= 11 is 6.22. The van der Waals surface area contributed by atoms with Gasteiger partial charge in [-0.3, -0.25) is 9.69 Å². The molecule has 1 N–H and O–H groups in total. The number of rotatable bonds is 4. The van der Waals surface area contributed by atoms with Crippen LogP contribution in [0.3, 0.4) is 0 Å². The molecule has 162 valence electrons. The fraction of sp³-hybridized carbons (Fsp3) is 0.364. The first kappa shape index (κ1) is 20.1. The first-order chi connectivity index (χ1) is 15.0. The predicted molar refractivity (Wildman–Crippen MR) is 110 cm³/mol. The molecule has 7 nitrogen and oxygen atoms in total. The number of carbonyl (C=O) groups is 2. The summed E-state index contributed by atoms with van der Waals surface area (Å²) in [5, 5.41) is 3.49. The van der Waals surface area contributed by atoms with Crippen LogP contribution in [0.5, 0.6) is 11.5 Å². The monoisotopic (exact) mass is 445 g/mol. The van der Waals surface area contributed by atoms with Crippen LogP contribution in [-0.4, -0.2) is 47.2 Å². The van der Waals surface area contributed by atoms with E-state index in [9.17, 15) is 14.0 Å². The largest absolute Gasteiger partial charge is 0.454 e. The second kappa shape index (κ2) is 8.01. The number of urea groups is 1. The van der Waals surface area contributed by atoms with E-state index in [1.165, 1.54) is 17.0 Å². The topological polar surface area (TPSA) is 71.1 Å². The number of piperidine rings is 1. The maximum Gasteiger partial charge on any atom is 0.327 e. The Kier molecular flexibility index (Phi) is 5.19. The van der Waals surface area contributed by atoms with Gasteiger partial charge in [0, 0.05) is 10.6 Å². The van der Waals surface area contributed by atoms with E-state index in [4.69, 9.17) is 21.1 Å². The molecule has 0 spiro atoms. The summed E-state index contributed by atoms with van der Waals surface area (Å²) in [7, 11) is 0. The molecule has 2 fully saturated rings. The van der Waals surface area contributed by atoms with Gasteiger partial charge in [-0.05, 0) is 49.2 Å². The normalized spacial score (nSPS) is 22.6. The van der Waals surface area contributed by atoms with E-state index in [0.717, 1.165) is 12.0 Å². The summed E-state index contributed by atoms with van der Waals surface area (Å²) in [4.78, 5) is 29.4. The number of nitrogens with one attached hydrogen (secondary N) is 1. The summed E-state index contributed by atoms with van der Waals surface area (Å²) in [6, 6.07) is 8.43. The molecule has 2 atom stereocenters. The molecule has 3 heterocycles. The molecule has 3 aliphatic rings. The van der Waals surface area contributed by atoms with Crippen LogP contribution >= 0.6 is 11.6 Å². The lowest BCUT2D eigenvalue weighted by Gasteiger charge is -2.47. The van der Waals surface area contributed by atoms with Gasteiger partial charge in [-0.2, -0.15) is 0 Å². The lowest BCUT2D eigenvalue weighted by molar-refractivity contribution is -0.137. The summed E-state index contributed by atoms with van der Waals surface area (Å²) < 4.78 is 25.2. The number of nitrogens with zero attached hydrogens (tertiary/aromatic N) is 2. The minimum Gasteiger partial charge on any atom is -0.454 e. The first-order valence-corrected chi connectivity index (χ1v) is 10.6. The number of halogens is 2. The highest BCUT2D eigenvalue weighted by molar-refractivity contribution is 6.31. The summed E-state index contributed by atoms with van der Waals surface area (Å²) in [6.45, 7) is 0.914. The molecular formula is C22H21ClFN3O4. The second-order valence-electron chi connectivity index (χ2n) is 7.86. The number of fused-ring (bicyclic) bond motifs is 2. The lowest BCUT2D eigenvalue weighted by Crippen LogP contribution is -2.69. The van der Waals surface area contributed by atoms with E-state index < -0.39 is 17.9 Å². The number of benzene rings is 2. The highest BCUT2D eigenvalue weighted by atomic mass is 35.5. The van der Waals surface area contributed by atoms with Gasteiger partial charge in [0.1, 0.15) is 11.9 Å². The average Bonchev–Trinajstić information content (AvgIpc) is 3.24. The van der Waals surface area contributed by atoms with Crippen molar-refractivity contribution in [2.45, 2.75) is 38.0 Å². The molecule has 3 amide bonds. The molecule has 31 heavy (non-hydrogen) atoms. The third-order valence-corrected chi connectivity index (χ3v) is 6.36. The molecule has 2 aromatic carbocycles. The first-order valence-electron chi connectivity index (χ1n) is 10.2.